The molecule has 82 valence electrons. The molecule has 1 N–H and O–H groups in total. The third-order valence-corrected chi connectivity index (χ3v) is 1.26. The molecule has 0 fully saturated rings. The second-order valence-corrected chi connectivity index (χ2v) is 2.35. The van der Waals surface area contributed by atoms with Gasteiger partial charge in [-0.25, -0.2) is 14.2 Å². The molecule has 0 saturated heterocycles. The number of carboxylic acids is 1. The number of rotatable bonds is 2. The Hall–Kier alpha value is -1.86. The monoisotopic (exact) mass is 225 g/mol. The molecular weight excluding hydrogens is 222 g/mol. The van der Waals surface area contributed by atoms with Crippen LogP contribution in [0.3, 0.4) is 0 Å². The van der Waals surface area contributed by atoms with E-state index in [-0.39, 0.29) is 0 Å². The molecule has 0 amide bonds. The van der Waals surface area contributed by atoms with Gasteiger partial charge in [0.1, 0.15) is 0 Å². The molecule has 0 aliphatic carbocycles. The molecule has 0 bridgehead atoms. The number of hydrogen-bond donors (Lipinski definition) is 1. The number of ether oxygens (including phenoxy) is 1. The summed E-state index contributed by atoms with van der Waals surface area (Å²) in [5.41, 5.74) is -0.740. The van der Waals surface area contributed by atoms with Gasteiger partial charge in [0.2, 0.25) is 0 Å². The molecule has 0 radical (unpaired) electrons. The molecule has 0 aliphatic heterocycles. The van der Waals surface area contributed by atoms with Crippen molar-refractivity contribution in [2.45, 2.75) is 6.36 Å². The predicted molar refractivity (Wildman–Crippen MR) is 37.8 cm³/mol. The van der Waals surface area contributed by atoms with Crippen molar-refractivity contribution in [3.63, 3.8) is 0 Å². The molecule has 1 heterocycles. The quantitative estimate of drug-likeness (QED) is 0.780. The molecular formula is C7H3F4NO3. The second kappa shape index (κ2) is 3.71. The van der Waals surface area contributed by atoms with Crippen molar-refractivity contribution >= 4 is 5.97 Å². The fraction of sp³-hybridized carbons (Fsp3) is 0.143. The predicted octanol–water partition coefficient (Wildman–Crippen LogP) is 1.82. The van der Waals surface area contributed by atoms with E-state index in [1.165, 1.54) is 0 Å². The highest BCUT2D eigenvalue weighted by atomic mass is 19.4. The summed E-state index contributed by atoms with van der Waals surface area (Å²) < 4.78 is 51.0. The van der Waals surface area contributed by atoms with Crippen molar-refractivity contribution in [2.24, 2.45) is 0 Å². The van der Waals surface area contributed by atoms with Crippen LogP contribution >= 0.6 is 0 Å². The molecule has 0 atom stereocenters. The number of halogens is 4. The zero-order chi connectivity index (χ0) is 11.6. The van der Waals surface area contributed by atoms with Gasteiger partial charge < -0.3 is 9.84 Å². The summed E-state index contributed by atoms with van der Waals surface area (Å²) in [7, 11) is 0. The van der Waals surface area contributed by atoms with Gasteiger partial charge in [-0.3, -0.25) is 0 Å². The lowest BCUT2D eigenvalue weighted by Gasteiger charge is -2.09. The molecule has 0 saturated carbocycles. The van der Waals surface area contributed by atoms with Gasteiger partial charge in [0.15, 0.2) is 17.3 Å². The smallest absolute Gasteiger partial charge is 0.477 e. The first kappa shape index (κ1) is 11.2. The van der Waals surface area contributed by atoms with Crippen LogP contribution in [0.15, 0.2) is 12.3 Å². The number of aromatic carboxylic acids is 1. The Kier molecular flexibility index (Phi) is 2.78. The van der Waals surface area contributed by atoms with Crippen LogP contribution in [0.25, 0.3) is 0 Å². The maximum absolute atomic E-state index is 12.7. The van der Waals surface area contributed by atoms with Crippen LogP contribution in [-0.2, 0) is 0 Å². The first-order chi connectivity index (χ1) is 6.79. The van der Waals surface area contributed by atoms with Gasteiger partial charge in [0, 0.05) is 6.07 Å². The molecule has 4 nitrogen and oxygen atoms in total. The van der Waals surface area contributed by atoms with Gasteiger partial charge in [-0.15, -0.1) is 13.2 Å². The van der Waals surface area contributed by atoms with E-state index in [0.29, 0.717) is 12.3 Å². The number of hydrogen-bond acceptors (Lipinski definition) is 3. The lowest BCUT2D eigenvalue weighted by molar-refractivity contribution is -0.275. The summed E-state index contributed by atoms with van der Waals surface area (Å²) in [6.45, 7) is 0. The first-order valence-corrected chi connectivity index (χ1v) is 3.44. The van der Waals surface area contributed by atoms with Crippen LogP contribution in [0.4, 0.5) is 17.6 Å². The van der Waals surface area contributed by atoms with E-state index in [0.717, 1.165) is 0 Å². The average Bonchev–Trinajstić information content (AvgIpc) is 2.06. The van der Waals surface area contributed by atoms with E-state index in [2.05, 4.69) is 9.72 Å². The molecule has 0 aromatic carbocycles. The van der Waals surface area contributed by atoms with Crippen LogP contribution in [0.2, 0.25) is 0 Å². The summed E-state index contributed by atoms with van der Waals surface area (Å²) in [6.07, 6.45) is -4.75. The largest absolute Gasteiger partial charge is 0.573 e. The number of pyridine rings is 1. The molecule has 0 aliphatic rings. The minimum atomic E-state index is -5.09. The van der Waals surface area contributed by atoms with Gasteiger partial charge in [-0.1, -0.05) is 0 Å². The summed E-state index contributed by atoms with van der Waals surface area (Å²) in [4.78, 5) is 13.4. The van der Waals surface area contributed by atoms with Gasteiger partial charge in [-0.2, -0.15) is 0 Å². The summed E-state index contributed by atoms with van der Waals surface area (Å²) in [5.74, 6) is -4.20. The zero-order valence-electron chi connectivity index (χ0n) is 6.88. The molecule has 0 unspecified atom stereocenters. The third-order valence-electron chi connectivity index (χ3n) is 1.26. The number of nitrogens with zero attached hydrogens (tertiary/aromatic N) is 1. The normalized spacial score (nSPS) is 11.2. The Morgan fingerprint density at radius 3 is 2.53 bits per heavy atom. The minimum Gasteiger partial charge on any atom is -0.477 e. The highest BCUT2D eigenvalue weighted by Crippen LogP contribution is 2.25. The van der Waals surface area contributed by atoms with Crippen molar-refractivity contribution < 1.29 is 32.2 Å². The van der Waals surface area contributed by atoms with Gasteiger partial charge in [0.25, 0.3) is 0 Å². The molecule has 8 heteroatoms. The van der Waals surface area contributed by atoms with Crippen molar-refractivity contribution in [1.29, 1.82) is 0 Å². The van der Waals surface area contributed by atoms with Gasteiger partial charge in [-0.05, 0) is 0 Å². The third kappa shape index (κ3) is 3.08. The molecule has 1 aromatic heterocycles. The fourth-order valence-electron chi connectivity index (χ4n) is 0.740. The van der Waals surface area contributed by atoms with Gasteiger partial charge in [0.05, 0.1) is 6.20 Å². The van der Waals surface area contributed by atoms with E-state index >= 15 is 0 Å². The Balaban J connectivity index is 3.06. The Bertz CT molecular complexity index is 390. The van der Waals surface area contributed by atoms with E-state index in [1.807, 2.05) is 0 Å². The summed E-state index contributed by atoms with van der Waals surface area (Å²) in [6, 6.07) is 0.352. The maximum atomic E-state index is 12.7. The zero-order valence-corrected chi connectivity index (χ0v) is 6.88. The van der Waals surface area contributed by atoms with Crippen molar-refractivity contribution in [3.8, 4) is 5.75 Å². The lowest BCUT2D eigenvalue weighted by atomic mass is 10.3. The Labute approximate surface area is 80.1 Å². The molecule has 1 aromatic rings. The van der Waals surface area contributed by atoms with Crippen LogP contribution < -0.4 is 4.74 Å². The highest BCUT2D eigenvalue weighted by molar-refractivity contribution is 5.85. The van der Waals surface area contributed by atoms with Gasteiger partial charge >= 0.3 is 12.3 Å². The average molecular weight is 225 g/mol. The van der Waals surface area contributed by atoms with E-state index in [4.69, 9.17) is 5.11 Å². The molecule has 0 spiro atoms. The lowest BCUT2D eigenvalue weighted by Crippen LogP contribution is -2.18. The maximum Gasteiger partial charge on any atom is 0.573 e. The number of alkyl halides is 3. The number of aromatic nitrogens is 1. The number of carbonyl (C=O) groups is 1. The van der Waals surface area contributed by atoms with E-state index < -0.39 is 29.6 Å². The minimum absolute atomic E-state index is 0.338. The van der Waals surface area contributed by atoms with Crippen LogP contribution in [0, 0.1) is 5.82 Å². The standard InChI is InChI=1S/C7H3F4NO3/c8-3-2-12-4(6(13)14)1-5(3)15-7(9,10)11/h1-2H,(H,13,14). The topological polar surface area (TPSA) is 59.4 Å². The van der Waals surface area contributed by atoms with E-state index in [9.17, 15) is 22.4 Å². The van der Waals surface area contributed by atoms with E-state index in [1.54, 1.807) is 0 Å². The van der Waals surface area contributed by atoms with Crippen LogP contribution in [0.5, 0.6) is 5.75 Å². The van der Waals surface area contributed by atoms with Crippen LogP contribution in [0.1, 0.15) is 10.5 Å². The highest BCUT2D eigenvalue weighted by Gasteiger charge is 2.32. The van der Waals surface area contributed by atoms with Crippen molar-refractivity contribution in [2.75, 3.05) is 0 Å². The van der Waals surface area contributed by atoms with Crippen molar-refractivity contribution in [1.82, 2.24) is 4.98 Å². The SMILES string of the molecule is O=C(O)c1cc(OC(F)(F)F)c(F)cn1. The van der Waals surface area contributed by atoms with Crippen LogP contribution in [-0.4, -0.2) is 22.4 Å². The fourth-order valence-corrected chi connectivity index (χ4v) is 0.740. The Morgan fingerprint density at radius 1 is 1.47 bits per heavy atom. The number of carboxylic acid groups (broad SMARTS) is 1. The Morgan fingerprint density at radius 2 is 2.07 bits per heavy atom. The molecule has 15 heavy (non-hydrogen) atoms. The summed E-state index contributed by atoms with van der Waals surface area (Å²) in [5, 5.41) is 8.38. The molecule has 1 rings (SSSR count). The van der Waals surface area contributed by atoms with Crippen molar-refractivity contribution in [3.05, 3.63) is 23.8 Å². The second-order valence-electron chi connectivity index (χ2n) is 2.35. The summed E-state index contributed by atoms with van der Waals surface area (Å²) >= 11 is 0. The first-order valence-electron chi connectivity index (χ1n) is 3.44.